The molecular formula is C5H12N2O2. The van der Waals surface area contributed by atoms with Crippen molar-refractivity contribution in [2.24, 2.45) is 11.5 Å². The Kier molecular flexibility index (Phi) is 4.00. The number of ether oxygens (including phenoxy) is 1. The van der Waals surface area contributed by atoms with Gasteiger partial charge in [-0.05, 0) is 0 Å². The summed E-state index contributed by atoms with van der Waals surface area (Å²) in [6, 6.07) is 0. The summed E-state index contributed by atoms with van der Waals surface area (Å²) in [5.41, 5.74) is 10.1. The van der Waals surface area contributed by atoms with Crippen LogP contribution in [0.1, 0.15) is 6.42 Å². The lowest BCUT2D eigenvalue weighted by molar-refractivity contribution is -0.120. The summed E-state index contributed by atoms with van der Waals surface area (Å²) in [5.74, 6) is -0.382. The van der Waals surface area contributed by atoms with Crippen molar-refractivity contribution in [3.05, 3.63) is 0 Å². The van der Waals surface area contributed by atoms with Crippen molar-refractivity contribution in [1.29, 1.82) is 0 Å². The Balaban J connectivity index is 3.43. The van der Waals surface area contributed by atoms with Gasteiger partial charge in [0.1, 0.15) is 0 Å². The monoisotopic (exact) mass is 132 g/mol. The van der Waals surface area contributed by atoms with E-state index in [1.165, 1.54) is 7.11 Å². The van der Waals surface area contributed by atoms with Gasteiger partial charge in [0, 0.05) is 13.7 Å². The Labute approximate surface area is 54.2 Å². The summed E-state index contributed by atoms with van der Waals surface area (Å²) in [6.07, 6.45) is -0.0185. The van der Waals surface area contributed by atoms with Crippen LogP contribution in [0, 0.1) is 0 Å². The zero-order chi connectivity index (χ0) is 7.28. The van der Waals surface area contributed by atoms with Crippen molar-refractivity contribution < 1.29 is 9.53 Å². The number of methoxy groups -OCH3 is 1. The lowest BCUT2D eigenvalue weighted by Crippen LogP contribution is -2.28. The minimum absolute atomic E-state index is 0.201. The highest BCUT2D eigenvalue weighted by Gasteiger charge is 2.06. The fourth-order valence-corrected chi connectivity index (χ4v) is 0.487. The van der Waals surface area contributed by atoms with Crippen LogP contribution >= 0.6 is 0 Å². The molecule has 1 amide bonds. The summed E-state index contributed by atoms with van der Waals surface area (Å²) in [7, 11) is 1.50. The molecular weight excluding hydrogens is 120 g/mol. The first-order valence-corrected chi connectivity index (χ1v) is 2.72. The molecule has 0 aliphatic rings. The molecule has 0 rings (SSSR count). The molecule has 0 spiro atoms. The van der Waals surface area contributed by atoms with Gasteiger partial charge >= 0.3 is 0 Å². The largest absolute Gasteiger partial charge is 0.380 e. The van der Waals surface area contributed by atoms with E-state index in [4.69, 9.17) is 16.2 Å². The number of hydrogen-bond acceptors (Lipinski definition) is 3. The van der Waals surface area contributed by atoms with Crippen molar-refractivity contribution in [2.45, 2.75) is 12.5 Å². The molecule has 9 heavy (non-hydrogen) atoms. The topological polar surface area (TPSA) is 78.3 Å². The van der Waals surface area contributed by atoms with Crippen LogP contribution in [0.4, 0.5) is 0 Å². The normalized spacial score (nSPS) is 13.1. The molecule has 1 atom stereocenters. The summed E-state index contributed by atoms with van der Waals surface area (Å²) in [4.78, 5) is 10.2. The van der Waals surface area contributed by atoms with E-state index in [0.717, 1.165) is 0 Å². The van der Waals surface area contributed by atoms with Crippen molar-refractivity contribution in [3.8, 4) is 0 Å². The van der Waals surface area contributed by atoms with Gasteiger partial charge in [-0.2, -0.15) is 0 Å². The third kappa shape index (κ3) is 3.93. The molecule has 0 aromatic carbocycles. The minimum Gasteiger partial charge on any atom is -0.380 e. The fourth-order valence-electron chi connectivity index (χ4n) is 0.487. The van der Waals surface area contributed by atoms with Crippen LogP contribution in [0.25, 0.3) is 0 Å². The van der Waals surface area contributed by atoms with E-state index in [1.54, 1.807) is 0 Å². The Morgan fingerprint density at radius 2 is 2.33 bits per heavy atom. The van der Waals surface area contributed by atoms with Gasteiger partial charge in [-0.25, -0.2) is 0 Å². The number of primary amides is 1. The summed E-state index contributed by atoms with van der Waals surface area (Å²) >= 11 is 0. The average Bonchev–Trinajstić information content (AvgIpc) is 1.82. The molecule has 0 aliphatic heterocycles. The Bertz CT molecular complexity index is 91.0. The minimum atomic E-state index is -0.382. The smallest absolute Gasteiger partial charge is 0.220 e. The standard InChI is InChI=1S/C5H12N2O2/c1-9-4(3-6)2-5(7)8/h4H,2-3,6H2,1H3,(H2,7,8)/t4-/m1/s1. The number of nitrogens with two attached hydrogens (primary N) is 2. The van der Waals surface area contributed by atoms with E-state index >= 15 is 0 Å². The SMILES string of the molecule is CO[C@@H](CN)CC(N)=O. The quantitative estimate of drug-likeness (QED) is 0.506. The predicted octanol–water partition coefficient (Wildman–Crippen LogP) is -1.16. The van der Waals surface area contributed by atoms with E-state index in [2.05, 4.69) is 0 Å². The molecule has 0 saturated carbocycles. The maximum atomic E-state index is 10.2. The molecule has 0 saturated heterocycles. The summed E-state index contributed by atoms with van der Waals surface area (Å²) in [5, 5.41) is 0. The zero-order valence-corrected chi connectivity index (χ0v) is 5.46. The van der Waals surface area contributed by atoms with Crippen molar-refractivity contribution in [1.82, 2.24) is 0 Å². The fraction of sp³-hybridized carbons (Fsp3) is 0.800. The van der Waals surface area contributed by atoms with Gasteiger partial charge in [0.2, 0.25) is 5.91 Å². The van der Waals surface area contributed by atoms with E-state index < -0.39 is 0 Å². The molecule has 0 unspecified atom stereocenters. The molecule has 4 N–H and O–H groups in total. The Hall–Kier alpha value is -0.610. The van der Waals surface area contributed by atoms with Crippen LogP contribution in [0.5, 0.6) is 0 Å². The van der Waals surface area contributed by atoms with Crippen LogP contribution in [0.15, 0.2) is 0 Å². The molecule has 0 fully saturated rings. The second-order valence-corrected chi connectivity index (χ2v) is 1.76. The van der Waals surface area contributed by atoms with Gasteiger partial charge in [0.05, 0.1) is 12.5 Å². The molecule has 0 aromatic heterocycles. The molecule has 0 bridgehead atoms. The maximum absolute atomic E-state index is 10.2. The zero-order valence-electron chi connectivity index (χ0n) is 5.46. The second kappa shape index (κ2) is 4.29. The Morgan fingerprint density at radius 3 is 2.44 bits per heavy atom. The van der Waals surface area contributed by atoms with E-state index in [0.29, 0.717) is 6.54 Å². The molecule has 0 radical (unpaired) electrons. The van der Waals surface area contributed by atoms with Crippen molar-refractivity contribution in [2.75, 3.05) is 13.7 Å². The summed E-state index contributed by atoms with van der Waals surface area (Å²) < 4.78 is 4.78. The number of amides is 1. The molecule has 4 nitrogen and oxygen atoms in total. The number of hydrogen-bond donors (Lipinski definition) is 2. The van der Waals surface area contributed by atoms with E-state index in [9.17, 15) is 4.79 Å². The van der Waals surface area contributed by atoms with Gasteiger partial charge < -0.3 is 16.2 Å². The third-order valence-electron chi connectivity index (χ3n) is 1.03. The van der Waals surface area contributed by atoms with Crippen molar-refractivity contribution >= 4 is 5.91 Å². The first kappa shape index (κ1) is 8.39. The maximum Gasteiger partial charge on any atom is 0.220 e. The number of rotatable bonds is 4. The van der Waals surface area contributed by atoms with E-state index in [-0.39, 0.29) is 18.4 Å². The summed E-state index contributed by atoms with van der Waals surface area (Å²) in [6.45, 7) is 0.333. The van der Waals surface area contributed by atoms with Crippen LogP contribution in [-0.4, -0.2) is 25.7 Å². The molecule has 0 heterocycles. The molecule has 54 valence electrons. The molecule has 0 aromatic rings. The first-order valence-electron chi connectivity index (χ1n) is 2.72. The number of carbonyl (C=O) groups is 1. The molecule has 0 aliphatic carbocycles. The third-order valence-corrected chi connectivity index (χ3v) is 1.03. The molecule has 4 heteroatoms. The highest BCUT2D eigenvalue weighted by Crippen LogP contribution is 1.91. The second-order valence-electron chi connectivity index (χ2n) is 1.76. The van der Waals surface area contributed by atoms with Gasteiger partial charge in [0.25, 0.3) is 0 Å². The Morgan fingerprint density at radius 1 is 1.78 bits per heavy atom. The highest BCUT2D eigenvalue weighted by molar-refractivity contribution is 5.74. The average molecular weight is 132 g/mol. The lowest BCUT2D eigenvalue weighted by Gasteiger charge is -2.08. The van der Waals surface area contributed by atoms with Gasteiger partial charge in [-0.1, -0.05) is 0 Å². The van der Waals surface area contributed by atoms with Gasteiger partial charge in [0.15, 0.2) is 0 Å². The van der Waals surface area contributed by atoms with Gasteiger partial charge in [-0.15, -0.1) is 0 Å². The van der Waals surface area contributed by atoms with Crippen LogP contribution in [-0.2, 0) is 9.53 Å². The van der Waals surface area contributed by atoms with E-state index in [1.807, 2.05) is 0 Å². The lowest BCUT2D eigenvalue weighted by atomic mass is 10.2. The predicted molar refractivity (Wildman–Crippen MR) is 33.7 cm³/mol. The van der Waals surface area contributed by atoms with Crippen LogP contribution < -0.4 is 11.5 Å². The first-order chi connectivity index (χ1) is 4.20. The highest BCUT2D eigenvalue weighted by atomic mass is 16.5. The number of carbonyl (C=O) groups excluding carboxylic acids is 1. The van der Waals surface area contributed by atoms with Gasteiger partial charge in [-0.3, -0.25) is 4.79 Å². The van der Waals surface area contributed by atoms with Crippen LogP contribution in [0.2, 0.25) is 0 Å². The van der Waals surface area contributed by atoms with Crippen LogP contribution in [0.3, 0.4) is 0 Å². The van der Waals surface area contributed by atoms with Crippen molar-refractivity contribution in [3.63, 3.8) is 0 Å².